The Labute approximate surface area is 207 Å². The van der Waals surface area contributed by atoms with Crippen molar-refractivity contribution in [2.45, 2.75) is 26.7 Å². The van der Waals surface area contributed by atoms with Gasteiger partial charge in [-0.05, 0) is 12.8 Å². The SMILES string of the molecule is CCc1cc2ccccc2[cH-]1.CCc1cc2ccccc2[cH-]1.[Cl-].[Cl-].[Zr+2].[Zr+2]. The molecule has 0 spiro atoms. The molecule has 4 rings (SSSR count). The Balaban J connectivity index is 0. The summed E-state index contributed by atoms with van der Waals surface area (Å²) in [5, 5.41) is 5.46. The number of hydrogen-bond acceptors (Lipinski definition) is 0. The van der Waals surface area contributed by atoms with E-state index in [1.54, 1.807) is 0 Å². The molecule has 0 aliphatic heterocycles. The van der Waals surface area contributed by atoms with Crippen LogP contribution < -0.4 is 24.8 Å². The summed E-state index contributed by atoms with van der Waals surface area (Å²) in [6, 6.07) is 26.0. The maximum Gasteiger partial charge on any atom is 2.00 e. The van der Waals surface area contributed by atoms with Crippen LogP contribution in [0.1, 0.15) is 25.0 Å². The normalized spacial score (nSPS) is 9.00. The van der Waals surface area contributed by atoms with Gasteiger partial charge in [0.15, 0.2) is 0 Å². The summed E-state index contributed by atoms with van der Waals surface area (Å²) in [6.07, 6.45) is 2.27. The van der Waals surface area contributed by atoms with Crippen molar-refractivity contribution in [3.05, 3.63) is 83.9 Å². The topological polar surface area (TPSA) is 0 Å². The first-order chi connectivity index (χ1) is 10.8. The second-order valence-corrected chi connectivity index (χ2v) is 5.69. The molecular formula is C22H22Cl2Zr2. The van der Waals surface area contributed by atoms with Gasteiger partial charge in [-0.3, -0.25) is 0 Å². The van der Waals surface area contributed by atoms with Gasteiger partial charge >= 0.3 is 52.4 Å². The molecule has 0 radical (unpaired) electrons. The molecule has 26 heavy (non-hydrogen) atoms. The smallest absolute Gasteiger partial charge is 1.00 e. The van der Waals surface area contributed by atoms with Gasteiger partial charge in [0.1, 0.15) is 0 Å². The molecule has 132 valence electrons. The van der Waals surface area contributed by atoms with Crippen LogP contribution in [0.4, 0.5) is 0 Å². The summed E-state index contributed by atoms with van der Waals surface area (Å²) in [7, 11) is 0. The molecule has 0 atom stereocenters. The van der Waals surface area contributed by atoms with Crippen molar-refractivity contribution in [2.75, 3.05) is 0 Å². The summed E-state index contributed by atoms with van der Waals surface area (Å²) in [5.74, 6) is 0. The van der Waals surface area contributed by atoms with Gasteiger partial charge in [0, 0.05) is 0 Å². The molecule has 0 aromatic heterocycles. The molecule has 4 aromatic carbocycles. The quantitative estimate of drug-likeness (QED) is 0.321. The zero-order chi connectivity index (χ0) is 15.4. The number of rotatable bonds is 2. The monoisotopic (exact) mass is 536 g/mol. The second-order valence-electron chi connectivity index (χ2n) is 5.69. The average molecular weight is 540 g/mol. The third-order valence-corrected chi connectivity index (χ3v) is 4.17. The van der Waals surface area contributed by atoms with Gasteiger partial charge < -0.3 is 24.8 Å². The number of fused-ring (bicyclic) bond motifs is 2. The molecule has 0 bridgehead atoms. The first-order valence-corrected chi connectivity index (χ1v) is 8.09. The average Bonchev–Trinajstić information content (AvgIpc) is 3.18. The summed E-state index contributed by atoms with van der Waals surface area (Å²) in [6.45, 7) is 4.38. The van der Waals surface area contributed by atoms with E-state index in [2.05, 4.69) is 86.6 Å². The molecule has 0 nitrogen and oxygen atoms in total. The Morgan fingerprint density at radius 1 is 0.615 bits per heavy atom. The van der Waals surface area contributed by atoms with Crippen LogP contribution in [0, 0.1) is 0 Å². The molecule has 4 heteroatoms. The summed E-state index contributed by atoms with van der Waals surface area (Å²) < 4.78 is 0. The Kier molecular flexibility index (Phi) is 15.3. The van der Waals surface area contributed by atoms with Crippen LogP contribution in [0.25, 0.3) is 21.5 Å². The molecule has 0 heterocycles. The minimum Gasteiger partial charge on any atom is -1.00 e. The van der Waals surface area contributed by atoms with E-state index in [0.29, 0.717) is 0 Å². The van der Waals surface area contributed by atoms with Gasteiger partial charge in [0.05, 0.1) is 0 Å². The molecular weight excluding hydrogens is 518 g/mol. The van der Waals surface area contributed by atoms with Crippen molar-refractivity contribution in [3.8, 4) is 0 Å². The molecule has 0 saturated carbocycles. The third kappa shape index (κ3) is 7.20. The van der Waals surface area contributed by atoms with E-state index in [1.165, 1.54) is 32.7 Å². The number of hydrogen-bond donors (Lipinski definition) is 0. The van der Waals surface area contributed by atoms with E-state index in [1.807, 2.05) is 0 Å². The van der Waals surface area contributed by atoms with E-state index >= 15 is 0 Å². The number of halogens is 2. The fourth-order valence-electron chi connectivity index (χ4n) is 2.84. The predicted molar refractivity (Wildman–Crippen MR) is 97.8 cm³/mol. The van der Waals surface area contributed by atoms with Gasteiger partial charge in [0.25, 0.3) is 0 Å². The first kappa shape index (κ1) is 28.2. The molecule has 0 unspecified atom stereocenters. The molecule has 0 aliphatic carbocycles. The Hall–Kier alpha value is 0.00623. The first-order valence-electron chi connectivity index (χ1n) is 8.09. The Morgan fingerprint density at radius 3 is 1.27 bits per heavy atom. The van der Waals surface area contributed by atoms with E-state index in [4.69, 9.17) is 0 Å². The molecule has 0 N–H and O–H groups in total. The van der Waals surface area contributed by atoms with Crippen LogP contribution in [-0.2, 0) is 65.2 Å². The number of benzene rings is 2. The molecule has 0 amide bonds. The van der Waals surface area contributed by atoms with Gasteiger partial charge in [-0.1, -0.05) is 26.0 Å². The Bertz CT molecular complexity index is 738. The van der Waals surface area contributed by atoms with Gasteiger partial charge in [-0.15, -0.1) is 81.2 Å². The predicted octanol–water partition coefficient (Wildman–Crippen LogP) is 0.245. The summed E-state index contributed by atoms with van der Waals surface area (Å²) in [4.78, 5) is 0. The minimum atomic E-state index is 0. The van der Waals surface area contributed by atoms with Crippen LogP contribution in [0.5, 0.6) is 0 Å². The van der Waals surface area contributed by atoms with Crippen molar-refractivity contribution < 1.29 is 77.2 Å². The van der Waals surface area contributed by atoms with Crippen LogP contribution in [0.2, 0.25) is 0 Å². The largest absolute Gasteiger partial charge is 2.00 e. The van der Waals surface area contributed by atoms with Crippen LogP contribution in [0.15, 0.2) is 72.8 Å². The number of aryl methyl sites for hydroxylation is 2. The zero-order valence-corrected chi connectivity index (χ0v) is 21.5. The van der Waals surface area contributed by atoms with Gasteiger partial charge in [-0.2, -0.15) is 12.1 Å². The van der Waals surface area contributed by atoms with E-state index < -0.39 is 0 Å². The van der Waals surface area contributed by atoms with Crippen molar-refractivity contribution >= 4 is 21.5 Å². The molecule has 0 fully saturated rings. The summed E-state index contributed by atoms with van der Waals surface area (Å²) in [5.41, 5.74) is 2.87. The fraction of sp³-hybridized carbons (Fsp3) is 0.182. The van der Waals surface area contributed by atoms with Gasteiger partial charge in [0.2, 0.25) is 0 Å². The third-order valence-electron chi connectivity index (χ3n) is 4.17. The van der Waals surface area contributed by atoms with Crippen molar-refractivity contribution in [1.82, 2.24) is 0 Å². The molecule has 4 aromatic rings. The van der Waals surface area contributed by atoms with Crippen molar-refractivity contribution in [3.63, 3.8) is 0 Å². The zero-order valence-electron chi connectivity index (χ0n) is 15.1. The van der Waals surface area contributed by atoms with Gasteiger partial charge in [-0.25, -0.2) is 0 Å². The minimum absolute atomic E-state index is 0. The molecule has 0 aliphatic rings. The Morgan fingerprint density at radius 2 is 0.962 bits per heavy atom. The standard InChI is InChI=1S/2C11H11.2ClH.2Zr/c2*1-2-9-7-10-5-3-4-6-11(10)8-9;;;;/h2*3-8H,2H2,1H3;2*1H;;/q2*-1;;;2*+2/p-2. The van der Waals surface area contributed by atoms with E-state index in [9.17, 15) is 0 Å². The van der Waals surface area contributed by atoms with E-state index in [0.717, 1.165) is 12.8 Å². The van der Waals surface area contributed by atoms with Crippen LogP contribution >= 0.6 is 0 Å². The maximum absolute atomic E-state index is 2.26. The van der Waals surface area contributed by atoms with Crippen LogP contribution in [-0.4, -0.2) is 0 Å². The maximum atomic E-state index is 2.26. The fourth-order valence-corrected chi connectivity index (χ4v) is 2.84. The van der Waals surface area contributed by atoms with Crippen molar-refractivity contribution in [2.24, 2.45) is 0 Å². The van der Waals surface area contributed by atoms with Crippen molar-refractivity contribution in [1.29, 1.82) is 0 Å². The van der Waals surface area contributed by atoms with E-state index in [-0.39, 0.29) is 77.2 Å². The van der Waals surface area contributed by atoms with Crippen LogP contribution in [0.3, 0.4) is 0 Å². The summed E-state index contributed by atoms with van der Waals surface area (Å²) >= 11 is 0. The second kappa shape index (κ2) is 14.1. The molecule has 0 saturated heterocycles.